The molecular weight excluding hydrogens is 256 g/mol. The molecule has 1 saturated heterocycles. The summed E-state index contributed by atoms with van der Waals surface area (Å²) in [4.78, 5) is 0.150. The molecule has 2 N–H and O–H groups in total. The van der Waals surface area contributed by atoms with Crippen molar-refractivity contribution < 1.29 is 8.42 Å². The van der Waals surface area contributed by atoms with Crippen LogP contribution in [0.5, 0.6) is 0 Å². The fourth-order valence-electron chi connectivity index (χ4n) is 1.77. The normalized spacial score (nSPS) is 17.2. The zero-order chi connectivity index (χ0) is 12.5. The standard InChI is InChI=1S/C11H16N2O2S2/c1-9-5-4-6-10(11(9)12)17(14,15)13-16-7-2-3-8-16/h4-6H,2-3,7-8,12H2,1H3. The first-order valence-corrected chi connectivity index (χ1v) is 8.47. The van der Waals surface area contributed by atoms with E-state index >= 15 is 0 Å². The monoisotopic (exact) mass is 272 g/mol. The summed E-state index contributed by atoms with van der Waals surface area (Å²) < 4.78 is 28.2. The van der Waals surface area contributed by atoms with E-state index in [1.165, 1.54) is 6.07 Å². The van der Waals surface area contributed by atoms with Gasteiger partial charge in [-0.05, 0) is 31.4 Å². The second-order valence-electron chi connectivity index (χ2n) is 4.11. The van der Waals surface area contributed by atoms with E-state index in [2.05, 4.69) is 3.77 Å². The van der Waals surface area contributed by atoms with Gasteiger partial charge in [0.25, 0.3) is 10.0 Å². The van der Waals surface area contributed by atoms with Gasteiger partial charge >= 0.3 is 0 Å². The van der Waals surface area contributed by atoms with E-state index in [1.807, 2.05) is 0 Å². The molecular formula is C11H16N2O2S2. The maximum Gasteiger partial charge on any atom is 0.289 e. The van der Waals surface area contributed by atoms with E-state index in [9.17, 15) is 8.42 Å². The molecule has 1 aliphatic rings. The first kappa shape index (κ1) is 12.6. The third-order valence-electron chi connectivity index (χ3n) is 2.78. The minimum Gasteiger partial charge on any atom is -0.397 e. The molecule has 0 bridgehead atoms. The molecule has 0 spiro atoms. The van der Waals surface area contributed by atoms with Crippen molar-refractivity contribution in [3.05, 3.63) is 23.8 Å². The molecule has 0 radical (unpaired) electrons. The highest BCUT2D eigenvalue weighted by atomic mass is 32.3. The number of benzene rings is 1. The Hall–Kier alpha value is -0.880. The molecule has 17 heavy (non-hydrogen) atoms. The Morgan fingerprint density at radius 3 is 2.59 bits per heavy atom. The summed E-state index contributed by atoms with van der Waals surface area (Å²) in [5.74, 6) is 1.79. The third-order valence-corrected chi connectivity index (χ3v) is 6.84. The zero-order valence-electron chi connectivity index (χ0n) is 9.72. The average Bonchev–Trinajstić information content (AvgIpc) is 2.73. The summed E-state index contributed by atoms with van der Waals surface area (Å²) in [5, 5.41) is 0. The van der Waals surface area contributed by atoms with Crippen LogP contribution in [0.1, 0.15) is 18.4 Å². The van der Waals surface area contributed by atoms with Gasteiger partial charge < -0.3 is 5.73 Å². The first-order valence-electron chi connectivity index (χ1n) is 5.51. The third kappa shape index (κ3) is 2.69. The molecule has 0 unspecified atom stereocenters. The van der Waals surface area contributed by atoms with E-state index in [4.69, 9.17) is 5.73 Å². The van der Waals surface area contributed by atoms with Crippen LogP contribution in [0.15, 0.2) is 26.9 Å². The van der Waals surface area contributed by atoms with Gasteiger partial charge in [0.2, 0.25) is 0 Å². The van der Waals surface area contributed by atoms with Crippen molar-refractivity contribution in [2.75, 3.05) is 17.2 Å². The second-order valence-corrected chi connectivity index (χ2v) is 7.84. The Kier molecular flexibility index (Phi) is 3.53. The zero-order valence-corrected chi connectivity index (χ0v) is 11.4. The predicted molar refractivity (Wildman–Crippen MR) is 71.5 cm³/mol. The maximum absolute atomic E-state index is 12.1. The highest BCUT2D eigenvalue weighted by Gasteiger charge is 2.19. The largest absolute Gasteiger partial charge is 0.397 e. The first-order chi connectivity index (χ1) is 8.00. The Labute approximate surface area is 104 Å². The number of anilines is 1. The van der Waals surface area contributed by atoms with E-state index in [1.54, 1.807) is 19.1 Å². The van der Waals surface area contributed by atoms with E-state index in [0.29, 0.717) is 5.69 Å². The summed E-state index contributed by atoms with van der Waals surface area (Å²) >= 11 is 0. The van der Waals surface area contributed by atoms with Crippen LogP contribution >= 0.6 is 0 Å². The minimum atomic E-state index is -3.58. The van der Waals surface area contributed by atoms with Crippen molar-refractivity contribution in [1.29, 1.82) is 0 Å². The van der Waals surface area contributed by atoms with Crippen LogP contribution in [0.4, 0.5) is 5.69 Å². The number of nitrogens with zero attached hydrogens (tertiary/aromatic N) is 1. The smallest absolute Gasteiger partial charge is 0.289 e. The fraction of sp³-hybridized carbons (Fsp3) is 0.455. The minimum absolute atomic E-state index is 0.150. The van der Waals surface area contributed by atoms with Gasteiger partial charge in [-0.25, -0.2) is 0 Å². The number of nitrogen functional groups attached to an aromatic ring is 1. The van der Waals surface area contributed by atoms with Crippen LogP contribution in [0.2, 0.25) is 0 Å². The van der Waals surface area contributed by atoms with Crippen molar-refractivity contribution in [3.63, 3.8) is 0 Å². The van der Waals surface area contributed by atoms with E-state index in [-0.39, 0.29) is 15.6 Å². The van der Waals surface area contributed by atoms with Crippen LogP contribution < -0.4 is 5.73 Å². The summed E-state index contributed by atoms with van der Waals surface area (Å²) in [6, 6.07) is 5.03. The summed E-state index contributed by atoms with van der Waals surface area (Å²) in [7, 11) is -3.92. The lowest BCUT2D eigenvalue weighted by atomic mass is 10.2. The highest BCUT2D eigenvalue weighted by molar-refractivity contribution is 8.00. The number of para-hydroxylation sites is 1. The van der Waals surface area contributed by atoms with Gasteiger partial charge in [-0.2, -0.15) is 8.42 Å². The van der Waals surface area contributed by atoms with Gasteiger partial charge in [0.15, 0.2) is 0 Å². The van der Waals surface area contributed by atoms with Gasteiger partial charge in [-0.1, -0.05) is 22.8 Å². The van der Waals surface area contributed by atoms with Crippen LogP contribution in [-0.4, -0.2) is 19.9 Å². The number of nitrogens with two attached hydrogens (primary N) is 1. The molecule has 0 saturated carbocycles. The Bertz CT molecular complexity index is 557. The lowest BCUT2D eigenvalue weighted by Crippen LogP contribution is -2.05. The molecule has 0 amide bonds. The molecule has 0 atom stereocenters. The van der Waals surface area contributed by atoms with Crippen LogP contribution in [0.25, 0.3) is 0 Å². The van der Waals surface area contributed by atoms with E-state index in [0.717, 1.165) is 29.9 Å². The van der Waals surface area contributed by atoms with Crippen LogP contribution in [0.3, 0.4) is 0 Å². The number of hydrogen-bond acceptors (Lipinski definition) is 3. The molecule has 6 heteroatoms. The lowest BCUT2D eigenvalue weighted by molar-refractivity contribution is 0.599. The SMILES string of the molecule is Cc1cccc(S(=O)(=O)N=S2CCCC2)c1N. The topological polar surface area (TPSA) is 72.5 Å². The molecule has 1 fully saturated rings. The number of sulfonamides is 1. The van der Waals surface area contributed by atoms with Gasteiger partial charge in [-0.15, -0.1) is 3.77 Å². The number of rotatable bonds is 2. The molecule has 1 aliphatic heterocycles. The quantitative estimate of drug-likeness (QED) is 0.835. The van der Waals surface area contributed by atoms with Gasteiger partial charge in [-0.3, -0.25) is 0 Å². The number of hydrogen-bond donors (Lipinski definition) is 1. The van der Waals surface area contributed by atoms with Crippen LogP contribution in [-0.2, 0) is 20.7 Å². The van der Waals surface area contributed by atoms with Gasteiger partial charge in [0, 0.05) is 11.5 Å². The predicted octanol–water partition coefficient (Wildman–Crippen LogP) is 1.86. The van der Waals surface area contributed by atoms with Crippen molar-refractivity contribution in [2.45, 2.75) is 24.7 Å². The maximum atomic E-state index is 12.1. The van der Waals surface area contributed by atoms with Crippen molar-refractivity contribution in [1.82, 2.24) is 0 Å². The van der Waals surface area contributed by atoms with Crippen molar-refractivity contribution in [2.24, 2.45) is 3.77 Å². The summed E-state index contributed by atoms with van der Waals surface area (Å²) in [6.07, 6.45) is 2.15. The summed E-state index contributed by atoms with van der Waals surface area (Å²) in [6.45, 7) is 1.80. The molecule has 4 nitrogen and oxygen atoms in total. The Morgan fingerprint density at radius 1 is 1.29 bits per heavy atom. The van der Waals surface area contributed by atoms with Crippen LogP contribution in [0, 0.1) is 6.92 Å². The van der Waals surface area contributed by atoms with Crippen molar-refractivity contribution in [3.8, 4) is 0 Å². The van der Waals surface area contributed by atoms with Gasteiger partial charge in [0.1, 0.15) is 4.90 Å². The lowest BCUT2D eigenvalue weighted by Gasteiger charge is -2.06. The molecule has 94 valence electrons. The molecule has 0 aliphatic carbocycles. The molecule has 2 rings (SSSR count). The van der Waals surface area contributed by atoms with Crippen molar-refractivity contribution >= 4 is 26.4 Å². The molecule has 0 aromatic heterocycles. The van der Waals surface area contributed by atoms with E-state index < -0.39 is 10.0 Å². The highest BCUT2D eigenvalue weighted by Crippen LogP contribution is 2.24. The Balaban J connectivity index is 2.45. The molecule has 1 aromatic rings. The second kappa shape index (κ2) is 4.78. The average molecular weight is 272 g/mol. The molecule has 1 aromatic carbocycles. The Morgan fingerprint density at radius 2 is 1.94 bits per heavy atom. The van der Waals surface area contributed by atoms with Gasteiger partial charge in [0.05, 0.1) is 5.69 Å². The summed E-state index contributed by atoms with van der Waals surface area (Å²) in [5.41, 5.74) is 6.90. The fourth-order valence-corrected chi connectivity index (χ4v) is 5.77. The molecule has 1 heterocycles. The number of aryl methyl sites for hydroxylation is 1.